The van der Waals surface area contributed by atoms with E-state index in [-0.39, 0.29) is 0 Å². The molecule has 0 saturated heterocycles. The van der Waals surface area contributed by atoms with Crippen LogP contribution >= 0.6 is 34.4 Å². The summed E-state index contributed by atoms with van der Waals surface area (Å²) in [5, 5.41) is 1.28. The number of thioether (sulfide) groups is 1. The second-order valence-corrected chi connectivity index (χ2v) is 6.82. The fourth-order valence-electron chi connectivity index (χ4n) is 2.38. The van der Waals surface area contributed by atoms with E-state index < -0.39 is 0 Å². The molecular weight excluding hydrogens is 379 g/mol. The molecule has 0 bridgehead atoms. The quantitative estimate of drug-likeness (QED) is 0.400. The standard InChI is InChI=1S/C16H15IN2S/c1-20-16-9-13(18)8-15-14(16)6-7-19(15)10-11-2-4-12(17)5-3-11/h2-9H,10,18H2,1H3. The Bertz CT molecular complexity index is 747. The lowest BCUT2D eigenvalue weighted by Crippen LogP contribution is -1.98. The molecule has 0 aliphatic rings. The van der Waals surface area contributed by atoms with Gasteiger partial charge in [0.1, 0.15) is 0 Å². The largest absolute Gasteiger partial charge is 0.399 e. The maximum Gasteiger partial charge on any atom is 0.0515 e. The summed E-state index contributed by atoms with van der Waals surface area (Å²) in [6, 6.07) is 14.9. The number of aromatic nitrogens is 1. The predicted molar refractivity (Wildman–Crippen MR) is 96.4 cm³/mol. The first kappa shape index (κ1) is 13.8. The van der Waals surface area contributed by atoms with Crippen LogP contribution in [0.15, 0.2) is 53.6 Å². The number of benzene rings is 2. The van der Waals surface area contributed by atoms with Crippen LogP contribution in [0.2, 0.25) is 0 Å². The van der Waals surface area contributed by atoms with Crippen molar-refractivity contribution in [3.63, 3.8) is 0 Å². The summed E-state index contributed by atoms with van der Waals surface area (Å²) in [7, 11) is 0. The Kier molecular flexibility index (Phi) is 3.94. The van der Waals surface area contributed by atoms with Crippen molar-refractivity contribution in [2.75, 3.05) is 12.0 Å². The third kappa shape index (κ3) is 2.67. The van der Waals surface area contributed by atoms with E-state index in [0.717, 1.165) is 12.2 Å². The smallest absolute Gasteiger partial charge is 0.0515 e. The lowest BCUT2D eigenvalue weighted by molar-refractivity contribution is 0.836. The number of nitrogens with two attached hydrogens (primary N) is 1. The van der Waals surface area contributed by atoms with Crippen molar-refractivity contribution >= 4 is 50.9 Å². The summed E-state index contributed by atoms with van der Waals surface area (Å²) in [6.45, 7) is 0.873. The SMILES string of the molecule is CSc1cc(N)cc2c1ccn2Cc1ccc(I)cc1. The number of nitrogen functional groups attached to an aromatic ring is 1. The zero-order valence-electron chi connectivity index (χ0n) is 11.1. The fraction of sp³-hybridized carbons (Fsp3) is 0.125. The highest BCUT2D eigenvalue weighted by molar-refractivity contribution is 14.1. The van der Waals surface area contributed by atoms with Crippen LogP contribution in [-0.4, -0.2) is 10.8 Å². The van der Waals surface area contributed by atoms with Crippen LogP contribution in [-0.2, 0) is 6.54 Å². The van der Waals surface area contributed by atoms with Gasteiger partial charge in [-0.1, -0.05) is 12.1 Å². The molecule has 1 aromatic heterocycles. The van der Waals surface area contributed by atoms with E-state index in [2.05, 4.69) is 76.0 Å². The van der Waals surface area contributed by atoms with E-state index >= 15 is 0 Å². The van der Waals surface area contributed by atoms with E-state index in [1.165, 1.54) is 24.9 Å². The summed E-state index contributed by atoms with van der Waals surface area (Å²) in [5.74, 6) is 0. The van der Waals surface area contributed by atoms with Crippen molar-refractivity contribution in [3.8, 4) is 0 Å². The van der Waals surface area contributed by atoms with E-state index in [9.17, 15) is 0 Å². The molecule has 0 aliphatic carbocycles. The first-order valence-corrected chi connectivity index (χ1v) is 8.64. The Morgan fingerprint density at radius 2 is 1.90 bits per heavy atom. The topological polar surface area (TPSA) is 30.9 Å². The molecule has 3 rings (SSSR count). The molecule has 0 atom stereocenters. The van der Waals surface area contributed by atoms with Gasteiger partial charge in [-0.05, 0) is 64.7 Å². The second kappa shape index (κ2) is 5.69. The van der Waals surface area contributed by atoms with E-state index in [4.69, 9.17) is 5.73 Å². The van der Waals surface area contributed by atoms with Gasteiger partial charge in [0.25, 0.3) is 0 Å². The number of hydrogen-bond acceptors (Lipinski definition) is 2. The normalized spacial score (nSPS) is 11.1. The average molecular weight is 394 g/mol. The molecule has 4 heteroatoms. The maximum atomic E-state index is 6.01. The van der Waals surface area contributed by atoms with Crippen LogP contribution in [0, 0.1) is 3.57 Å². The summed E-state index contributed by atoms with van der Waals surface area (Å²) < 4.78 is 3.52. The van der Waals surface area contributed by atoms with Crippen molar-refractivity contribution < 1.29 is 0 Å². The average Bonchev–Trinajstić information content (AvgIpc) is 2.83. The monoisotopic (exact) mass is 394 g/mol. The highest BCUT2D eigenvalue weighted by Gasteiger charge is 2.07. The zero-order valence-corrected chi connectivity index (χ0v) is 14.1. The number of anilines is 1. The molecule has 0 spiro atoms. The number of halogens is 1. The van der Waals surface area contributed by atoms with E-state index in [1.54, 1.807) is 11.8 Å². The van der Waals surface area contributed by atoms with Crippen molar-refractivity contribution in [2.24, 2.45) is 0 Å². The minimum absolute atomic E-state index is 0.824. The molecule has 2 aromatic carbocycles. The molecule has 2 nitrogen and oxygen atoms in total. The molecule has 3 aromatic rings. The summed E-state index contributed by atoms with van der Waals surface area (Å²) >= 11 is 4.07. The van der Waals surface area contributed by atoms with Gasteiger partial charge in [-0.2, -0.15) is 0 Å². The fourth-order valence-corrected chi connectivity index (χ4v) is 3.38. The van der Waals surface area contributed by atoms with Crippen molar-refractivity contribution in [1.82, 2.24) is 4.57 Å². The third-order valence-electron chi connectivity index (χ3n) is 3.36. The Morgan fingerprint density at radius 3 is 2.60 bits per heavy atom. The van der Waals surface area contributed by atoms with E-state index in [0.29, 0.717) is 0 Å². The predicted octanol–water partition coefficient (Wildman–Crippen LogP) is 4.60. The second-order valence-electron chi connectivity index (χ2n) is 4.73. The highest BCUT2D eigenvalue weighted by Crippen LogP contribution is 2.30. The minimum Gasteiger partial charge on any atom is -0.399 e. The van der Waals surface area contributed by atoms with Crippen LogP contribution in [0.3, 0.4) is 0 Å². The minimum atomic E-state index is 0.824. The molecular formula is C16H15IN2S. The van der Waals surface area contributed by atoms with Gasteiger partial charge in [0, 0.05) is 32.3 Å². The molecule has 0 fully saturated rings. The molecule has 102 valence electrons. The first-order chi connectivity index (χ1) is 9.67. The summed E-state index contributed by atoms with van der Waals surface area (Å²) in [5.41, 5.74) is 9.34. The van der Waals surface area contributed by atoms with Crippen molar-refractivity contribution in [2.45, 2.75) is 11.4 Å². The van der Waals surface area contributed by atoms with Crippen LogP contribution in [0.4, 0.5) is 5.69 Å². The number of hydrogen-bond donors (Lipinski definition) is 1. The lowest BCUT2D eigenvalue weighted by Gasteiger charge is -2.08. The van der Waals surface area contributed by atoms with Gasteiger partial charge in [-0.15, -0.1) is 11.8 Å². The molecule has 0 unspecified atom stereocenters. The molecule has 0 aliphatic heterocycles. The van der Waals surface area contributed by atoms with Crippen LogP contribution in [0.25, 0.3) is 10.9 Å². The number of nitrogens with zero attached hydrogens (tertiary/aromatic N) is 1. The molecule has 0 radical (unpaired) electrons. The van der Waals surface area contributed by atoms with Gasteiger partial charge < -0.3 is 10.3 Å². The zero-order chi connectivity index (χ0) is 14.1. The Labute approximate surface area is 136 Å². The lowest BCUT2D eigenvalue weighted by atomic mass is 10.2. The first-order valence-electron chi connectivity index (χ1n) is 6.34. The Hall–Kier alpha value is -1.14. The molecule has 1 heterocycles. The van der Waals surface area contributed by atoms with Gasteiger partial charge in [0.15, 0.2) is 0 Å². The van der Waals surface area contributed by atoms with Gasteiger partial charge >= 0.3 is 0 Å². The summed E-state index contributed by atoms with van der Waals surface area (Å²) in [6.07, 6.45) is 4.23. The van der Waals surface area contributed by atoms with Crippen molar-refractivity contribution in [1.29, 1.82) is 0 Å². The Morgan fingerprint density at radius 1 is 1.15 bits per heavy atom. The highest BCUT2D eigenvalue weighted by atomic mass is 127. The number of fused-ring (bicyclic) bond motifs is 1. The third-order valence-corrected chi connectivity index (χ3v) is 4.86. The molecule has 20 heavy (non-hydrogen) atoms. The van der Waals surface area contributed by atoms with Gasteiger partial charge in [0.2, 0.25) is 0 Å². The van der Waals surface area contributed by atoms with Gasteiger partial charge in [0.05, 0.1) is 5.52 Å². The van der Waals surface area contributed by atoms with Gasteiger partial charge in [-0.25, -0.2) is 0 Å². The van der Waals surface area contributed by atoms with Crippen LogP contribution in [0.5, 0.6) is 0 Å². The molecule has 0 saturated carbocycles. The number of rotatable bonds is 3. The van der Waals surface area contributed by atoms with E-state index in [1.807, 2.05) is 6.07 Å². The maximum absolute atomic E-state index is 6.01. The summed E-state index contributed by atoms with van der Waals surface area (Å²) in [4.78, 5) is 1.24. The molecule has 2 N–H and O–H groups in total. The Balaban J connectivity index is 2.04. The van der Waals surface area contributed by atoms with Crippen LogP contribution in [0.1, 0.15) is 5.56 Å². The van der Waals surface area contributed by atoms with Crippen molar-refractivity contribution in [3.05, 3.63) is 57.8 Å². The molecule has 0 amide bonds. The van der Waals surface area contributed by atoms with Gasteiger partial charge in [-0.3, -0.25) is 0 Å². The van der Waals surface area contributed by atoms with Crippen LogP contribution < -0.4 is 5.73 Å².